The van der Waals surface area contributed by atoms with Crippen LogP contribution in [0.1, 0.15) is 12.0 Å². The van der Waals surface area contributed by atoms with Crippen molar-refractivity contribution in [1.29, 1.82) is 0 Å². The number of fused-ring (bicyclic) bond motifs is 1. The van der Waals surface area contributed by atoms with Crippen molar-refractivity contribution in [2.45, 2.75) is 12.8 Å². The van der Waals surface area contributed by atoms with Gasteiger partial charge >= 0.3 is 0 Å². The van der Waals surface area contributed by atoms with Gasteiger partial charge in [0.15, 0.2) is 0 Å². The van der Waals surface area contributed by atoms with Crippen LogP contribution in [0.15, 0.2) is 24.3 Å². The predicted octanol–water partition coefficient (Wildman–Crippen LogP) is 2.40. The minimum atomic E-state index is 1.07. The third kappa shape index (κ3) is 1.23. The van der Waals surface area contributed by atoms with E-state index in [0.29, 0.717) is 0 Å². The van der Waals surface area contributed by atoms with Crippen LogP contribution in [0.25, 0.3) is 0 Å². The standard InChI is InChI=1S/C10H11NS/c12-8-11-7-3-5-9-4-1-2-6-10(9)11/h1-2,4,6,8H,3,5,7H2. The smallest absolute Gasteiger partial charge is 0.0685 e. The van der Waals surface area contributed by atoms with Crippen LogP contribution >= 0.6 is 12.2 Å². The first-order valence-corrected chi connectivity index (χ1v) is 4.69. The van der Waals surface area contributed by atoms with Gasteiger partial charge in [-0.25, -0.2) is 0 Å². The lowest BCUT2D eigenvalue weighted by molar-refractivity contribution is 0.785. The first-order valence-electron chi connectivity index (χ1n) is 4.21. The number of para-hydroxylation sites is 1. The van der Waals surface area contributed by atoms with Crippen molar-refractivity contribution in [3.05, 3.63) is 29.8 Å². The number of hydrogen-bond acceptors (Lipinski definition) is 1. The van der Waals surface area contributed by atoms with Crippen LogP contribution in [0.4, 0.5) is 5.69 Å². The molecule has 0 unspecified atom stereocenters. The van der Waals surface area contributed by atoms with Gasteiger partial charge in [0.25, 0.3) is 0 Å². The highest BCUT2D eigenvalue weighted by Gasteiger charge is 2.13. The monoisotopic (exact) mass is 177 g/mol. The van der Waals surface area contributed by atoms with Crippen molar-refractivity contribution < 1.29 is 0 Å². The van der Waals surface area contributed by atoms with Gasteiger partial charge in [-0.3, -0.25) is 0 Å². The topological polar surface area (TPSA) is 3.24 Å². The molecule has 0 saturated carbocycles. The van der Waals surface area contributed by atoms with E-state index in [0.717, 1.165) is 6.54 Å². The molecule has 0 fully saturated rings. The summed E-state index contributed by atoms with van der Waals surface area (Å²) in [6, 6.07) is 8.47. The number of aryl methyl sites for hydroxylation is 1. The Balaban J connectivity index is 2.43. The zero-order valence-corrected chi connectivity index (χ0v) is 7.68. The van der Waals surface area contributed by atoms with Crippen molar-refractivity contribution in [2.24, 2.45) is 0 Å². The van der Waals surface area contributed by atoms with Crippen LogP contribution in [0.3, 0.4) is 0 Å². The Morgan fingerprint density at radius 2 is 2.17 bits per heavy atom. The molecule has 0 bridgehead atoms. The van der Waals surface area contributed by atoms with E-state index >= 15 is 0 Å². The molecule has 0 saturated heterocycles. The van der Waals surface area contributed by atoms with Gasteiger partial charge in [-0.15, -0.1) is 0 Å². The molecule has 0 aliphatic carbocycles. The van der Waals surface area contributed by atoms with Gasteiger partial charge in [0.2, 0.25) is 0 Å². The van der Waals surface area contributed by atoms with E-state index in [4.69, 9.17) is 12.2 Å². The zero-order chi connectivity index (χ0) is 8.39. The molecule has 2 rings (SSSR count). The average Bonchev–Trinajstić information content (AvgIpc) is 2.17. The second-order valence-electron chi connectivity index (χ2n) is 3.03. The molecule has 1 heterocycles. The molecule has 2 heteroatoms. The molecule has 62 valence electrons. The van der Waals surface area contributed by atoms with Crippen molar-refractivity contribution in [3.8, 4) is 0 Å². The molecule has 0 amide bonds. The fourth-order valence-electron chi connectivity index (χ4n) is 1.67. The molecule has 12 heavy (non-hydrogen) atoms. The molecule has 1 nitrogen and oxygen atoms in total. The second kappa shape index (κ2) is 3.23. The van der Waals surface area contributed by atoms with Gasteiger partial charge in [-0.05, 0) is 24.5 Å². The normalized spacial score (nSPS) is 15.5. The Morgan fingerprint density at radius 3 is 3.00 bits per heavy atom. The van der Waals surface area contributed by atoms with Crippen molar-refractivity contribution in [3.63, 3.8) is 0 Å². The van der Waals surface area contributed by atoms with Gasteiger partial charge in [-0.1, -0.05) is 30.4 Å². The predicted molar refractivity (Wildman–Crippen MR) is 55.8 cm³/mol. The van der Waals surface area contributed by atoms with E-state index in [1.807, 2.05) is 0 Å². The number of benzene rings is 1. The number of hydrogen-bond donors (Lipinski definition) is 0. The van der Waals surface area contributed by atoms with E-state index in [2.05, 4.69) is 29.2 Å². The van der Waals surface area contributed by atoms with Gasteiger partial charge in [0, 0.05) is 12.2 Å². The highest BCUT2D eigenvalue weighted by Crippen LogP contribution is 2.25. The summed E-state index contributed by atoms with van der Waals surface area (Å²) < 4.78 is 0. The highest BCUT2D eigenvalue weighted by atomic mass is 32.1. The molecule has 0 aromatic heterocycles. The first kappa shape index (κ1) is 7.74. The van der Waals surface area contributed by atoms with Crippen molar-refractivity contribution in [2.75, 3.05) is 11.4 Å². The van der Waals surface area contributed by atoms with Crippen molar-refractivity contribution in [1.82, 2.24) is 0 Å². The van der Waals surface area contributed by atoms with Gasteiger partial charge in [0.05, 0.1) is 5.49 Å². The third-order valence-corrected chi connectivity index (χ3v) is 2.53. The number of rotatable bonds is 1. The fourth-order valence-corrected chi connectivity index (χ4v) is 1.89. The van der Waals surface area contributed by atoms with E-state index in [1.165, 1.54) is 24.1 Å². The Kier molecular flexibility index (Phi) is 2.09. The SMILES string of the molecule is S=CN1CCCc2ccccc21. The van der Waals surface area contributed by atoms with Crippen LogP contribution < -0.4 is 4.90 Å². The maximum absolute atomic E-state index is 4.95. The molecule has 1 aromatic rings. The van der Waals surface area contributed by atoms with E-state index < -0.39 is 0 Å². The molecule has 0 atom stereocenters. The summed E-state index contributed by atoms with van der Waals surface area (Å²) in [6.07, 6.45) is 2.40. The first-order chi connectivity index (χ1) is 5.92. The van der Waals surface area contributed by atoms with Crippen LogP contribution in [0.5, 0.6) is 0 Å². The summed E-state index contributed by atoms with van der Waals surface area (Å²) in [6.45, 7) is 1.07. The molecular weight excluding hydrogens is 166 g/mol. The van der Waals surface area contributed by atoms with Crippen LogP contribution in [0, 0.1) is 0 Å². The molecule has 1 aromatic carbocycles. The van der Waals surface area contributed by atoms with Crippen LogP contribution in [0.2, 0.25) is 0 Å². The molecule has 1 aliphatic heterocycles. The Morgan fingerprint density at radius 1 is 1.33 bits per heavy atom. The Bertz CT molecular complexity index is 296. The fraction of sp³-hybridized carbons (Fsp3) is 0.300. The summed E-state index contributed by atoms with van der Waals surface area (Å²) >= 11 is 4.95. The Labute approximate surface area is 78.0 Å². The second-order valence-corrected chi connectivity index (χ2v) is 3.24. The van der Waals surface area contributed by atoms with Crippen LogP contribution in [-0.2, 0) is 6.42 Å². The van der Waals surface area contributed by atoms with Gasteiger partial charge < -0.3 is 4.90 Å². The summed E-state index contributed by atoms with van der Waals surface area (Å²) in [5.41, 5.74) is 4.46. The highest BCUT2D eigenvalue weighted by molar-refractivity contribution is 7.79. The summed E-state index contributed by atoms with van der Waals surface area (Å²) in [5.74, 6) is 0. The quantitative estimate of drug-likeness (QED) is 0.606. The lowest BCUT2D eigenvalue weighted by atomic mass is 10.0. The van der Waals surface area contributed by atoms with Gasteiger partial charge in [0.1, 0.15) is 0 Å². The summed E-state index contributed by atoms with van der Waals surface area (Å²) in [4.78, 5) is 2.15. The molecule has 1 aliphatic rings. The number of nitrogens with zero attached hydrogens (tertiary/aromatic N) is 1. The van der Waals surface area contributed by atoms with E-state index in [1.54, 1.807) is 5.49 Å². The minimum absolute atomic E-state index is 1.07. The van der Waals surface area contributed by atoms with Crippen molar-refractivity contribution >= 4 is 23.4 Å². The average molecular weight is 177 g/mol. The summed E-state index contributed by atoms with van der Waals surface area (Å²) in [7, 11) is 0. The van der Waals surface area contributed by atoms with Crippen LogP contribution in [-0.4, -0.2) is 12.0 Å². The maximum Gasteiger partial charge on any atom is 0.0685 e. The lowest BCUT2D eigenvalue weighted by Crippen LogP contribution is -2.26. The summed E-state index contributed by atoms with van der Waals surface area (Å²) in [5, 5.41) is 0. The zero-order valence-electron chi connectivity index (χ0n) is 6.86. The largest absolute Gasteiger partial charge is 0.338 e. The number of anilines is 1. The number of thiocarbonyl (C=S) groups is 1. The molecule has 0 N–H and O–H groups in total. The molecular formula is C10H11NS. The van der Waals surface area contributed by atoms with Gasteiger partial charge in [-0.2, -0.15) is 0 Å². The maximum atomic E-state index is 4.95. The third-order valence-electron chi connectivity index (χ3n) is 2.27. The van der Waals surface area contributed by atoms with E-state index in [9.17, 15) is 0 Å². The minimum Gasteiger partial charge on any atom is -0.338 e. The lowest BCUT2D eigenvalue weighted by Gasteiger charge is -2.26. The van der Waals surface area contributed by atoms with E-state index in [-0.39, 0.29) is 0 Å². The Hall–Kier alpha value is -0.890. The molecule has 0 spiro atoms. The molecule has 0 radical (unpaired) electrons.